The third kappa shape index (κ3) is 7.33. The molecule has 1 fully saturated rings. The minimum atomic E-state index is -4.95. The lowest BCUT2D eigenvalue weighted by Gasteiger charge is -2.34. The van der Waals surface area contributed by atoms with E-state index in [0.717, 1.165) is 16.8 Å². The Balaban J connectivity index is 1.59. The number of halogens is 7. The van der Waals surface area contributed by atoms with E-state index in [1.54, 1.807) is 4.90 Å². The van der Waals surface area contributed by atoms with Crippen molar-refractivity contribution in [1.82, 2.24) is 14.8 Å². The van der Waals surface area contributed by atoms with Crippen LogP contribution in [0.1, 0.15) is 51.9 Å². The average Bonchev–Trinajstić information content (AvgIpc) is 3.02. The standard InChI is InChI=1S/C36H30ClF6N3O5/c1-17-7-20-10-25(33(17)40)28(13-31(48)49)44-35(50)34(21-8-22(37)11-24(9-21)51-29-4-3-27(39)18(2)32(20)29)46-14-19(5-6-45-15-23(38)16-45)26(12-30(46)47)36(41,42)43/h3-4,7-12,14,23,28,34H,5-6,13,15-16H2,1-2H3,(H,44,50)(H,48,49)/t28-,34+/m0/s1. The van der Waals surface area contributed by atoms with E-state index < -0.39 is 65.5 Å². The van der Waals surface area contributed by atoms with Crippen molar-refractivity contribution in [1.29, 1.82) is 0 Å². The first-order valence-corrected chi connectivity index (χ1v) is 16.2. The number of nitrogens with zero attached hydrogens (tertiary/aromatic N) is 2. The van der Waals surface area contributed by atoms with Gasteiger partial charge in [0, 0.05) is 48.0 Å². The van der Waals surface area contributed by atoms with Crippen LogP contribution in [0.4, 0.5) is 26.3 Å². The molecule has 4 bridgehead atoms. The van der Waals surface area contributed by atoms with Crippen molar-refractivity contribution in [3.05, 3.63) is 115 Å². The SMILES string of the molecule is Cc1cc2cc(c1F)[C@H](CC(=O)O)NC(=O)[C@H](n1cc(CCN3CC(F)C3)c(C(F)(F)F)cc1=O)c1cc(Cl)cc(c1)Oc1ccc(F)c(C)c1-2. The highest BCUT2D eigenvalue weighted by molar-refractivity contribution is 6.30. The van der Waals surface area contributed by atoms with Crippen LogP contribution in [-0.4, -0.2) is 52.3 Å². The second-order valence-electron chi connectivity index (χ2n) is 12.7. The number of likely N-dealkylation sites (tertiary alicyclic amines) is 1. The zero-order chi connectivity index (χ0) is 36.9. The van der Waals surface area contributed by atoms with Gasteiger partial charge in [-0.05, 0) is 90.6 Å². The molecule has 2 aliphatic rings. The lowest BCUT2D eigenvalue weighted by molar-refractivity contribution is -0.139. The summed E-state index contributed by atoms with van der Waals surface area (Å²) in [7, 11) is 0. The number of benzene rings is 3. The third-order valence-electron chi connectivity index (χ3n) is 9.04. The van der Waals surface area contributed by atoms with Gasteiger partial charge in [0.25, 0.3) is 5.56 Å². The van der Waals surface area contributed by atoms with Gasteiger partial charge in [0.05, 0.1) is 18.0 Å². The van der Waals surface area contributed by atoms with Gasteiger partial charge in [0.2, 0.25) is 5.91 Å². The molecule has 0 radical (unpaired) electrons. The Kier molecular flexibility index (Phi) is 9.68. The van der Waals surface area contributed by atoms with E-state index in [2.05, 4.69) is 5.32 Å². The van der Waals surface area contributed by atoms with E-state index in [4.69, 9.17) is 16.3 Å². The summed E-state index contributed by atoms with van der Waals surface area (Å²) in [6.07, 6.45) is -6.27. The summed E-state index contributed by atoms with van der Waals surface area (Å²) < 4.78 is 93.9. The van der Waals surface area contributed by atoms with Gasteiger partial charge in [0.1, 0.15) is 35.3 Å². The molecule has 3 heterocycles. The van der Waals surface area contributed by atoms with Crippen LogP contribution in [0.15, 0.2) is 59.5 Å². The maximum absolute atomic E-state index is 15.9. The molecular formula is C36H30ClF6N3O5. The fourth-order valence-electron chi connectivity index (χ4n) is 6.56. The number of carbonyl (C=O) groups is 2. The number of carboxylic acids is 1. The summed E-state index contributed by atoms with van der Waals surface area (Å²) in [5.41, 5.74) is -2.59. The minimum Gasteiger partial charge on any atom is -0.481 e. The fraction of sp³-hybridized carbons (Fsp3) is 0.306. The Hall–Kier alpha value is -4.82. The Morgan fingerprint density at radius 2 is 1.78 bits per heavy atom. The molecule has 0 spiro atoms. The molecule has 15 heteroatoms. The van der Waals surface area contributed by atoms with Crippen LogP contribution in [-0.2, 0) is 22.2 Å². The third-order valence-corrected chi connectivity index (χ3v) is 9.26. The number of rotatable bonds is 6. The first-order chi connectivity index (χ1) is 24.0. The van der Waals surface area contributed by atoms with Crippen molar-refractivity contribution in [3.8, 4) is 22.6 Å². The number of ether oxygens (including phenoxy) is 1. The molecule has 4 aromatic rings. The number of alkyl halides is 4. The Morgan fingerprint density at radius 3 is 2.45 bits per heavy atom. The molecule has 8 nitrogen and oxygen atoms in total. The van der Waals surface area contributed by atoms with Crippen molar-refractivity contribution in [2.45, 2.75) is 51.1 Å². The summed E-state index contributed by atoms with van der Waals surface area (Å²) in [6.45, 7) is 2.97. The smallest absolute Gasteiger partial charge is 0.416 e. The van der Waals surface area contributed by atoms with E-state index in [-0.39, 0.29) is 81.5 Å². The maximum Gasteiger partial charge on any atom is 0.416 e. The maximum atomic E-state index is 15.9. The minimum absolute atomic E-state index is 0.00157. The quantitative estimate of drug-likeness (QED) is 0.202. The van der Waals surface area contributed by atoms with Crippen molar-refractivity contribution in [2.24, 2.45) is 0 Å². The van der Waals surface area contributed by atoms with Gasteiger partial charge in [-0.1, -0.05) is 11.6 Å². The largest absolute Gasteiger partial charge is 0.481 e. The predicted molar refractivity (Wildman–Crippen MR) is 175 cm³/mol. The molecule has 2 aliphatic heterocycles. The second-order valence-corrected chi connectivity index (χ2v) is 13.1. The van der Waals surface area contributed by atoms with Gasteiger partial charge >= 0.3 is 12.1 Å². The molecule has 0 saturated carbocycles. The van der Waals surface area contributed by atoms with E-state index in [9.17, 15) is 41.4 Å². The Morgan fingerprint density at radius 1 is 1.06 bits per heavy atom. The summed E-state index contributed by atoms with van der Waals surface area (Å²) in [6, 6.07) is 6.10. The zero-order valence-corrected chi connectivity index (χ0v) is 27.8. The first kappa shape index (κ1) is 36.0. The monoisotopic (exact) mass is 733 g/mol. The molecule has 1 amide bonds. The van der Waals surface area contributed by atoms with Gasteiger partial charge in [-0.25, -0.2) is 13.2 Å². The van der Waals surface area contributed by atoms with E-state index in [0.29, 0.717) is 6.07 Å². The van der Waals surface area contributed by atoms with Gasteiger partial charge < -0.3 is 15.2 Å². The number of aliphatic carboxylic acids is 1. The van der Waals surface area contributed by atoms with Crippen molar-refractivity contribution in [3.63, 3.8) is 0 Å². The van der Waals surface area contributed by atoms with Crippen LogP contribution in [0.3, 0.4) is 0 Å². The fourth-order valence-corrected chi connectivity index (χ4v) is 6.79. The molecule has 0 unspecified atom stereocenters. The molecule has 3 aromatic carbocycles. The van der Waals surface area contributed by atoms with Crippen molar-refractivity contribution < 1.29 is 45.8 Å². The molecule has 1 saturated heterocycles. The number of amides is 1. The average molecular weight is 734 g/mol. The van der Waals surface area contributed by atoms with Crippen LogP contribution in [0, 0.1) is 25.5 Å². The lowest BCUT2D eigenvalue weighted by Crippen LogP contribution is -2.49. The van der Waals surface area contributed by atoms with Crippen LogP contribution in [0.25, 0.3) is 11.1 Å². The van der Waals surface area contributed by atoms with Crippen LogP contribution < -0.4 is 15.6 Å². The number of carboxylic acid groups (broad SMARTS) is 1. The number of aryl methyl sites for hydroxylation is 1. The number of pyridine rings is 1. The number of nitrogens with one attached hydrogen (secondary N) is 1. The highest BCUT2D eigenvalue weighted by atomic mass is 35.5. The molecule has 6 rings (SSSR count). The molecule has 2 atom stereocenters. The van der Waals surface area contributed by atoms with Gasteiger partial charge in [0.15, 0.2) is 0 Å². The van der Waals surface area contributed by atoms with Crippen LogP contribution in [0.2, 0.25) is 5.02 Å². The zero-order valence-electron chi connectivity index (χ0n) is 27.1. The number of aromatic nitrogens is 1. The van der Waals surface area contributed by atoms with E-state index in [1.807, 2.05) is 0 Å². The highest BCUT2D eigenvalue weighted by Crippen LogP contribution is 2.42. The summed E-state index contributed by atoms with van der Waals surface area (Å²) >= 11 is 6.47. The molecular weight excluding hydrogens is 704 g/mol. The first-order valence-electron chi connectivity index (χ1n) is 15.8. The number of hydrogen-bond acceptors (Lipinski definition) is 5. The van der Waals surface area contributed by atoms with E-state index in [1.165, 1.54) is 50.2 Å². The molecule has 2 N–H and O–H groups in total. The van der Waals surface area contributed by atoms with Gasteiger partial charge in [-0.15, -0.1) is 0 Å². The number of hydrogen-bond donors (Lipinski definition) is 2. The lowest BCUT2D eigenvalue weighted by atomic mass is 9.92. The number of fused-ring (bicyclic) bond motifs is 6. The van der Waals surface area contributed by atoms with Gasteiger partial charge in [-0.2, -0.15) is 13.2 Å². The normalized spacial score (nSPS) is 18.0. The number of carbonyl (C=O) groups excluding carboxylic acids is 1. The van der Waals surface area contributed by atoms with Gasteiger partial charge in [-0.3, -0.25) is 23.9 Å². The molecule has 1 aromatic heterocycles. The van der Waals surface area contributed by atoms with Crippen molar-refractivity contribution in [2.75, 3.05) is 19.6 Å². The molecule has 51 heavy (non-hydrogen) atoms. The predicted octanol–water partition coefficient (Wildman–Crippen LogP) is 7.31. The Labute approximate surface area is 292 Å². The molecule has 0 aliphatic carbocycles. The van der Waals surface area contributed by atoms with Crippen LogP contribution in [0.5, 0.6) is 11.5 Å². The highest BCUT2D eigenvalue weighted by Gasteiger charge is 2.37. The summed E-state index contributed by atoms with van der Waals surface area (Å²) in [4.78, 5) is 41.6. The van der Waals surface area contributed by atoms with Crippen LogP contribution >= 0.6 is 11.6 Å². The topological polar surface area (TPSA) is 101 Å². The molecule has 268 valence electrons. The van der Waals surface area contributed by atoms with E-state index >= 15 is 4.39 Å². The summed E-state index contributed by atoms with van der Waals surface area (Å²) in [5.74, 6) is -3.92. The van der Waals surface area contributed by atoms with Crippen molar-refractivity contribution >= 4 is 23.5 Å². The summed E-state index contributed by atoms with van der Waals surface area (Å²) in [5, 5.41) is 12.3. The Bertz CT molecular complexity index is 2110. The second kappa shape index (κ2) is 13.7.